The summed E-state index contributed by atoms with van der Waals surface area (Å²) in [5, 5.41) is 3.07. The van der Waals surface area contributed by atoms with Crippen LogP contribution in [0.15, 0.2) is 12.2 Å². The van der Waals surface area contributed by atoms with Crippen molar-refractivity contribution in [2.24, 2.45) is 11.3 Å². The van der Waals surface area contributed by atoms with Crippen LogP contribution in [0.5, 0.6) is 0 Å². The first kappa shape index (κ1) is 13.3. The Kier molecular flexibility index (Phi) is 4.17. The number of carbonyl (C=O) groups excluding carboxylic acids is 1. The molecule has 1 amide bonds. The molecule has 1 fully saturated rings. The van der Waals surface area contributed by atoms with Gasteiger partial charge in [-0.05, 0) is 45.4 Å². The summed E-state index contributed by atoms with van der Waals surface area (Å²) >= 11 is 0. The summed E-state index contributed by atoms with van der Waals surface area (Å²) in [4.78, 5) is 12.3. The van der Waals surface area contributed by atoms with E-state index in [0.29, 0.717) is 5.92 Å². The van der Waals surface area contributed by atoms with E-state index in [1.165, 1.54) is 5.57 Å². The molecule has 1 N–H and O–H groups in total. The zero-order valence-electron chi connectivity index (χ0n) is 11.1. The van der Waals surface area contributed by atoms with Crippen LogP contribution in [0.2, 0.25) is 0 Å². The molecule has 2 heteroatoms. The van der Waals surface area contributed by atoms with Gasteiger partial charge in [0.1, 0.15) is 0 Å². The fraction of sp³-hybridized carbons (Fsp3) is 0.786. The molecule has 1 aliphatic carbocycles. The Balaban J connectivity index is 2.83. The third-order valence-corrected chi connectivity index (χ3v) is 3.54. The highest BCUT2D eigenvalue weighted by atomic mass is 16.2. The van der Waals surface area contributed by atoms with Gasteiger partial charge in [-0.25, -0.2) is 0 Å². The van der Waals surface area contributed by atoms with Crippen LogP contribution in [0.4, 0.5) is 0 Å². The molecule has 2 atom stereocenters. The van der Waals surface area contributed by atoms with Crippen LogP contribution in [0.25, 0.3) is 0 Å². The third-order valence-electron chi connectivity index (χ3n) is 3.54. The number of hydrogen-bond acceptors (Lipinski definition) is 1. The van der Waals surface area contributed by atoms with Crippen LogP contribution in [0.1, 0.15) is 53.4 Å². The zero-order valence-corrected chi connectivity index (χ0v) is 11.1. The van der Waals surface area contributed by atoms with Crippen molar-refractivity contribution in [1.82, 2.24) is 5.32 Å². The summed E-state index contributed by atoms with van der Waals surface area (Å²) in [5.74, 6) is 0.803. The highest BCUT2D eigenvalue weighted by Gasteiger charge is 2.41. The van der Waals surface area contributed by atoms with E-state index in [0.717, 1.165) is 25.7 Å². The zero-order chi connectivity index (χ0) is 12.3. The molecule has 1 aliphatic rings. The number of hydrogen-bond donors (Lipinski definition) is 1. The quantitative estimate of drug-likeness (QED) is 0.731. The van der Waals surface area contributed by atoms with E-state index in [9.17, 15) is 4.79 Å². The average Bonchev–Trinajstić information content (AvgIpc) is 2.14. The monoisotopic (exact) mass is 223 g/mol. The highest BCUT2D eigenvalue weighted by molar-refractivity contribution is 5.83. The van der Waals surface area contributed by atoms with E-state index < -0.39 is 0 Å². The lowest BCUT2D eigenvalue weighted by atomic mass is 9.66. The molecular weight excluding hydrogens is 198 g/mol. The van der Waals surface area contributed by atoms with Crippen molar-refractivity contribution < 1.29 is 4.79 Å². The van der Waals surface area contributed by atoms with Gasteiger partial charge in [-0.3, -0.25) is 4.79 Å². The number of allylic oxidation sites excluding steroid dienone is 1. The molecule has 0 saturated heterocycles. The fourth-order valence-electron chi connectivity index (χ4n) is 2.87. The predicted octanol–water partition coefficient (Wildman–Crippen LogP) is 3.28. The van der Waals surface area contributed by atoms with E-state index in [1.54, 1.807) is 0 Å². The largest absolute Gasteiger partial charge is 0.353 e. The normalized spacial score (nSPS) is 30.6. The molecule has 0 aliphatic heterocycles. The van der Waals surface area contributed by atoms with Crippen LogP contribution in [-0.2, 0) is 4.79 Å². The molecule has 0 aromatic heterocycles. The minimum atomic E-state index is -0.195. The smallest absolute Gasteiger partial charge is 0.226 e. The van der Waals surface area contributed by atoms with E-state index in [4.69, 9.17) is 0 Å². The second-order valence-corrected chi connectivity index (χ2v) is 5.70. The van der Waals surface area contributed by atoms with E-state index >= 15 is 0 Å². The van der Waals surface area contributed by atoms with E-state index in [-0.39, 0.29) is 17.4 Å². The lowest BCUT2D eigenvalue weighted by molar-refractivity contribution is -0.133. The minimum absolute atomic E-state index is 0.195. The number of amides is 1. The van der Waals surface area contributed by atoms with Crippen LogP contribution in [-0.4, -0.2) is 11.9 Å². The van der Waals surface area contributed by atoms with Gasteiger partial charge in [-0.15, -0.1) is 0 Å². The molecule has 92 valence electrons. The van der Waals surface area contributed by atoms with E-state index in [2.05, 4.69) is 25.7 Å². The summed E-state index contributed by atoms with van der Waals surface area (Å²) in [5.41, 5.74) is 1.04. The first-order valence-corrected chi connectivity index (χ1v) is 6.37. The maximum absolute atomic E-state index is 12.3. The van der Waals surface area contributed by atoms with Gasteiger partial charge in [0, 0.05) is 6.04 Å². The van der Waals surface area contributed by atoms with Crippen molar-refractivity contribution in [1.29, 1.82) is 0 Å². The molecule has 0 bridgehead atoms. The molecule has 0 radical (unpaired) electrons. The molecule has 2 unspecified atom stereocenters. The topological polar surface area (TPSA) is 29.1 Å². The summed E-state index contributed by atoms with van der Waals surface area (Å²) < 4.78 is 0. The fourth-order valence-corrected chi connectivity index (χ4v) is 2.87. The molecule has 1 saturated carbocycles. The Morgan fingerprint density at radius 3 is 2.69 bits per heavy atom. The minimum Gasteiger partial charge on any atom is -0.353 e. The van der Waals surface area contributed by atoms with Gasteiger partial charge in [0.25, 0.3) is 0 Å². The van der Waals surface area contributed by atoms with Gasteiger partial charge in [-0.1, -0.05) is 26.0 Å². The van der Waals surface area contributed by atoms with Gasteiger partial charge in [0.05, 0.1) is 5.41 Å². The lowest BCUT2D eigenvalue weighted by Gasteiger charge is -2.39. The molecule has 2 nitrogen and oxygen atoms in total. The molecule has 16 heavy (non-hydrogen) atoms. The lowest BCUT2D eigenvalue weighted by Crippen LogP contribution is -2.46. The Bertz CT molecular complexity index is 282. The summed E-state index contributed by atoms with van der Waals surface area (Å²) in [6.45, 7) is 12.5. The molecule has 0 aromatic carbocycles. The maximum atomic E-state index is 12.3. The SMILES string of the molecule is C=C1CC(C)CC(CC)(C(=O)NC(C)C)C1. The number of rotatable bonds is 3. The average molecular weight is 223 g/mol. The Morgan fingerprint density at radius 1 is 1.62 bits per heavy atom. The summed E-state index contributed by atoms with van der Waals surface area (Å²) in [7, 11) is 0. The Morgan fingerprint density at radius 2 is 2.25 bits per heavy atom. The van der Waals surface area contributed by atoms with Crippen molar-refractivity contribution in [3.8, 4) is 0 Å². The van der Waals surface area contributed by atoms with Gasteiger partial charge in [0.2, 0.25) is 5.91 Å². The van der Waals surface area contributed by atoms with Gasteiger partial charge in [0.15, 0.2) is 0 Å². The molecule has 1 rings (SSSR count). The van der Waals surface area contributed by atoms with Crippen molar-refractivity contribution in [3.63, 3.8) is 0 Å². The summed E-state index contributed by atoms with van der Waals surface area (Å²) in [6.07, 6.45) is 3.86. The Labute approximate surface area is 99.5 Å². The van der Waals surface area contributed by atoms with Crippen LogP contribution < -0.4 is 5.32 Å². The third kappa shape index (κ3) is 2.87. The first-order chi connectivity index (χ1) is 7.39. The molecular formula is C14H25NO. The second-order valence-electron chi connectivity index (χ2n) is 5.70. The number of nitrogens with one attached hydrogen (secondary N) is 1. The standard InChI is InChI=1S/C14H25NO/c1-6-14(13(16)15-10(2)3)8-11(4)7-12(5)9-14/h10,12H,4,6-9H2,1-3,5H3,(H,15,16). The predicted molar refractivity (Wildman–Crippen MR) is 68.2 cm³/mol. The summed E-state index contributed by atoms with van der Waals surface area (Å²) in [6, 6.07) is 0.224. The number of carbonyl (C=O) groups is 1. The Hall–Kier alpha value is -0.790. The van der Waals surface area contributed by atoms with Crippen LogP contribution in [0.3, 0.4) is 0 Å². The van der Waals surface area contributed by atoms with Crippen LogP contribution >= 0.6 is 0 Å². The molecule has 0 heterocycles. The molecule has 0 aromatic rings. The van der Waals surface area contributed by atoms with Crippen molar-refractivity contribution in [3.05, 3.63) is 12.2 Å². The van der Waals surface area contributed by atoms with E-state index in [1.807, 2.05) is 13.8 Å². The van der Waals surface area contributed by atoms with Gasteiger partial charge < -0.3 is 5.32 Å². The first-order valence-electron chi connectivity index (χ1n) is 6.37. The van der Waals surface area contributed by atoms with Crippen molar-refractivity contribution in [2.75, 3.05) is 0 Å². The van der Waals surface area contributed by atoms with Crippen molar-refractivity contribution >= 4 is 5.91 Å². The maximum Gasteiger partial charge on any atom is 0.226 e. The highest BCUT2D eigenvalue weighted by Crippen LogP contribution is 2.44. The van der Waals surface area contributed by atoms with Crippen LogP contribution in [0, 0.1) is 11.3 Å². The van der Waals surface area contributed by atoms with Gasteiger partial charge >= 0.3 is 0 Å². The van der Waals surface area contributed by atoms with Crippen molar-refractivity contribution in [2.45, 2.75) is 59.4 Å². The second kappa shape index (κ2) is 5.03. The van der Waals surface area contributed by atoms with Gasteiger partial charge in [-0.2, -0.15) is 0 Å². The molecule has 0 spiro atoms.